The number of rotatable bonds is 2. The minimum Gasteiger partial charge on any atom is -0.393 e. The maximum atomic E-state index is 9.59. The smallest absolute Gasteiger partial charge is 0.103 e. The van der Waals surface area contributed by atoms with Crippen LogP contribution in [0.25, 0.3) is 0 Å². The first-order valence-electron chi connectivity index (χ1n) is 6.25. The zero-order valence-electron chi connectivity index (χ0n) is 10.4. The number of nitrogens with zero attached hydrogens (tertiary/aromatic N) is 2. The summed E-state index contributed by atoms with van der Waals surface area (Å²) in [6.07, 6.45) is 1.66. The highest BCUT2D eigenvalue weighted by Gasteiger charge is 2.24. The molecule has 1 fully saturated rings. The molecule has 1 aromatic carbocycles. The molecule has 18 heavy (non-hydrogen) atoms. The van der Waals surface area contributed by atoms with Crippen molar-refractivity contribution in [3.63, 3.8) is 0 Å². The number of benzene rings is 1. The fraction of sp³-hybridized carbons (Fsp3) is 0.500. The number of piperidine rings is 1. The molecular formula is C14H17ClN2O. The Balaban J connectivity index is 2.15. The van der Waals surface area contributed by atoms with E-state index in [4.69, 9.17) is 16.9 Å². The van der Waals surface area contributed by atoms with Crippen molar-refractivity contribution in [3.8, 4) is 6.07 Å². The molecule has 0 saturated carbocycles. The van der Waals surface area contributed by atoms with E-state index in [1.165, 1.54) is 0 Å². The molecule has 3 nitrogen and oxygen atoms in total. The second-order valence-electron chi connectivity index (χ2n) is 4.81. The van der Waals surface area contributed by atoms with Crippen molar-refractivity contribution < 1.29 is 5.11 Å². The quantitative estimate of drug-likeness (QED) is 0.894. The van der Waals surface area contributed by atoms with Crippen LogP contribution in [-0.4, -0.2) is 24.3 Å². The molecule has 0 spiro atoms. The Kier molecular flexibility index (Phi) is 4.11. The molecule has 1 atom stereocenters. The molecule has 1 heterocycles. The maximum Gasteiger partial charge on any atom is 0.103 e. The molecule has 0 bridgehead atoms. The van der Waals surface area contributed by atoms with Gasteiger partial charge in [-0.1, -0.05) is 17.7 Å². The van der Waals surface area contributed by atoms with Crippen molar-refractivity contribution in [1.82, 2.24) is 0 Å². The summed E-state index contributed by atoms with van der Waals surface area (Å²) in [5.41, 5.74) is 1.46. The van der Waals surface area contributed by atoms with Gasteiger partial charge in [-0.15, -0.1) is 0 Å². The van der Waals surface area contributed by atoms with E-state index in [9.17, 15) is 5.11 Å². The zero-order chi connectivity index (χ0) is 13.1. The molecule has 1 aromatic rings. The average molecular weight is 265 g/mol. The van der Waals surface area contributed by atoms with Crippen LogP contribution < -0.4 is 4.90 Å². The summed E-state index contributed by atoms with van der Waals surface area (Å²) >= 11 is 6.04. The number of nitriles is 1. The third kappa shape index (κ3) is 2.60. The van der Waals surface area contributed by atoms with E-state index in [1.54, 1.807) is 6.07 Å². The second kappa shape index (κ2) is 5.60. The molecule has 1 N–H and O–H groups in total. The van der Waals surface area contributed by atoms with Crippen LogP contribution in [0.5, 0.6) is 0 Å². The third-order valence-electron chi connectivity index (χ3n) is 3.67. The van der Waals surface area contributed by atoms with Crippen LogP contribution in [0.15, 0.2) is 18.2 Å². The monoisotopic (exact) mass is 264 g/mol. The summed E-state index contributed by atoms with van der Waals surface area (Å²) in [5, 5.41) is 19.3. The van der Waals surface area contributed by atoms with Crippen LogP contribution in [0.2, 0.25) is 5.02 Å². The van der Waals surface area contributed by atoms with Gasteiger partial charge >= 0.3 is 0 Å². The molecule has 1 unspecified atom stereocenters. The lowest BCUT2D eigenvalue weighted by Gasteiger charge is -2.35. The van der Waals surface area contributed by atoms with Crippen molar-refractivity contribution in [1.29, 1.82) is 5.26 Å². The number of anilines is 1. The predicted octanol–water partition coefficient (Wildman–Crippen LogP) is 2.81. The molecule has 0 radical (unpaired) electrons. The van der Waals surface area contributed by atoms with Gasteiger partial charge in [-0.25, -0.2) is 0 Å². The second-order valence-corrected chi connectivity index (χ2v) is 5.22. The summed E-state index contributed by atoms with van der Waals surface area (Å²) in [4.78, 5) is 2.18. The summed E-state index contributed by atoms with van der Waals surface area (Å²) in [5.74, 6) is 0.367. The summed E-state index contributed by atoms with van der Waals surface area (Å²) in [7, 11) is 0. The van der Waals surface area contributed by atoms with Crippen molar-refractivity contribution in [2.24, 2.45) is 5.92 Å². The molecule has 1 saturated heterocycles. The average Bonchev–Trinajstić information content (AvgIpc) is 2.38. The van der Waals surface area contributed by atoms with Gasteiger partial charge in [-0.2, -0.15) is 5.26 Å². The van der Waals surface area contributed by atoms with Crippen LogP contribution in [0.1, 0.15) is 25.3 Å². The third-order valence-corrected chi connectivity index (χ3v) is 3.98. The molecule has 0 aromatic heterocycles. The van der Waals surface area contributed by atoms with Crippen molar-refractivity contribution >= 4 is 17.3 Å². The summed E-state index contributed by atoms with van der Waals surface area (Å²) < 4.78 is 0. The predicted molar refractivity (Wildman–Crippen MR) is 72.8 cm³/mol. The molecule has 2 rings (SSSR count). The molecule has 1 aliphatic heterocycles. The Hall–Kier alpha value is -1.24. The molecule has 0 aliphatic carbocycles. The van der Waals surface area contributed by atoms with E-state index in [0.717, 1.165) is 31.6 Å². The van der Waals surface area contributed by atoms with Crippen LogP contribution in [0, 0.1) is 17.2 Å². The van der Waals surface area contributed by atoms with Gasteiger partial charge in [0.25, 0.3) is 0 Å². The lowest BCUT2D eigenvalue weighted by molar-refractivity contribution is 0.110. The molecule has 4 heteroatoms. The Labute approximate surface area is 113 Å². The van der Waals surface area contributed by atoms with E-state index in [2.05, 4.69) is 11.0 Å². The fourth-order valence-electron chi connectivity index (χ4n) is 2.51. The van der Waals surface area contributed by atoms with Gasteiger partial charge in [0.1, 0.15) is 6.07 Å². The standard InChI is InChI=1S/C14H17ClN2O/c1-10(18)11-5-7-17(8-6-11)14-4-2-3-13(15)12(14)9-16/h2-4,10-11,18H,5-8H2,1H3. The van der Waals surface area contributed by atoms with Gasteiger partial charge in [0.2, 0.25) is 0 Å². The van der Waals surface area contributed by atoms with Gasteiger partial charge in [0, 0.05) is 13.1 Å². The Morgan fingerprint density at radius 2 is 2.11 bits per heavy atom. The highest BCUT2D eigenvalue weighted by molar-refractivity contribution is 6.32. The van der Waals surface area contributed by atoms with Gasteiger partial charge in [-0.05, 0) is 37.8 Å². The fourth-order valence-corrected chi connectivity index (χ4v) is 2.72. The SMILES string of the molecule is CC(O)C1CCN(c2cccc(Cl)c2C#N)CC1. The number of hydrogen-bond donors (Lipinski definition) is 1. The van der Waals surface area contributed by atoms with Gasteiger partial charge in [0.05, 0.1) is 22.4 Å². The maximum absolute atomic E-state index is 9.59. The van der Waals surface area contributed by atoms with Crippen molar-refractivity contribution in [2.75, 3.05) is 18.0 Å². The normalized spacial score (nSPS) is 18.4. The number of aliphatic hydroxyl groups excluding tert-OH is 1. The number of hydrogen-bond acceptors (Lipinski definition) is 3. The van der Waals surface area contributed by atoms with Crippen molar-refractivity contribution in [3.05, 3.63) is 28.8 Å². The van der Waals surface area contributed by atoms with Gasteiger partial charge < -0.3 is 10.0 Å². The lowest BCUT2D eigenvalue weighted by atomic mass is 9.91. The van der Waals surface area contributed by atoms with E-state index in [-0.39, 0.29) is 6.10 Å². The topological polar surface area (TPSA) is 47.3 Å². The number of aliphatic hydroxyl groups is 1. The molecular weight excluding hydrogens is 248 g/mol. The first-order chi connectivity index (χ1) is 8.63. The van der Waals surface area contributed by atoms with E-state index < -0.39 is 0 Å². The van der Waals surface area contributed by atoms with Gasteiger partial charge in [0.15, 0.2) is 0 Å². The molecule has 0 amide bonds. The molecule has 96 valence electrons. The van der Waals surface area contributed by atoms with Crippen LogP contribution >= 0.6 is 11.6 Å². The van der Waals surface area contributed by atoms with Crippen molar-refractivity contribution in [2.45, 2.75) is 25.9 Å². The lowest BCUT2D eigenvalue weighted by Crippen LogP contribution is -2.37. The van der Waals surface area contributed by atoms with Gasteiger partial charge in [-0.3, -0.25) is 0 Å². The zero-order valence-corrected chi connectivity index (χ0v) is 11.2. The van der Waals surface area contributed by atoms with E-state index >= 15 is 0 Å². The first-order valence-corrected chi connectivity index (χ1v) is 6.63. The number of halogens is 1. The Morgan fingerprint density at radius 3 is 2.67 bits per heavy atom. The highest BCUT2D eigenvalue weighted by Crippen LogP contribution is 2.30. The largest absolute Gasteiger partial charge is 0.393 e. The van der Waals surface area contributed by atoms with E-state index in [0.29, 0.717) is 16.5 Å². The first kappa shape index (κ1) is 13.2. The van der Waals surface area contributed by atoms with E-state index in [1.807, 2.05) is 19.1 Å². The minimum atomic E-state index is -0.248. The summed E-state index contributed by atoms with van der Waals surface area (Å²) in [6.45, 7) is 3.58. The van der Waals surface area contributed by atoms with Crippen LogP contribution in [-0.2, 0) is 0 Å². The minimum absolute atomic E-state index is 0.248. The Morgan fingerprint density at radius 1 is 1.44 bits per heavy atom. The molecule has 1 aliphatic rings. The Bertz CT molecular complexity index is 459. The van der Waals surface area contributed by atoms with Crippen LogP contribution in [0.4, 0.5) is 5.69 Å². The highest BCUT2D eigenvalue weighted by atomic mass is 35.5. The summed E-state index contributed by atoms with van der Waals surface area (Å²) in [6, 6.07) is 7.73. The van der Waals surface area contributed by atoms with Crippen LogP contribution in [0.3, 0.4) is 0 Å².